The van der Waals surface area contributed by atoms with E-state index in [0.29, 0.717) is 25.4 Å². The van der Waals surface area contributed by atoms with Crippen molar-refractivity contribution in [1.29, 1.82) is 5.26 Å². The topological polar surface area (TPSA) is 51.5 Å². The van der Waals surface area contributed by atoms with E-state index in [1.807, 2.05) is 31.2 Å². The Morgan fingerprint density at radius 3 is 1.62 bits per heavy atom. The molecule has 0 unspecified atom stereocenters. The third-order valence-corrected chi connectivity index (χ3v) is 2.74. The van der Waals surface area contributed by atoms with E-state index in [0.717, 1.165) is 17.2 Å². The maximum atomic E-state index is 8.70. The van der Waals surface area contributed by atoms with E-state index in [2.05, 4.69) is 6.07 Å². The average molecular weight is 283 g/mol. The second kappa shape index (κ2) is 7.81. The van der Waals surface area contributed by atoms with E-state index in [-0.39, 0.29) is 0 Å². The highest BCUT2D eigenvalue weighted by atomic mass is 16.5. The van der Waals surface area contributed by atoms with Crippen LogP contribution >= 0.6 is 0 Å². The Morgan fingerprint density at radius 1 is 0.762 bits per heavy atom. The standard InChI is InChI=1S/C17H17NO3/c1-2-19-15-7-9-17(10-8-15)21-12-11-20-16-5-3-14(13-18)4-6-16/h3-10H,2,11-12H2,1H3. The summed E-state index contributed by atoms with van der Waals surface area (Å²) in [6.07, 6.45) is 0. The minimum Gasteiger partial charge on any atom is -0.494 e. The van der Waals surface area contributed by atoms with Crippen molar-refractivity contribution in [3.8, 4) is 23.3 Å². The normalized spacial score (nSPS) is 9.71. The Morgan fingerprint density at radius 2 is 1.19 bits per heavy atom. The lowest BCUT2D eigenvalue weighted by Gasteiger charge is -2.09. The van der Waals surface area contributed by atoms with Gasteiger partial charge in [0.1, 0.15) is 30.5 Å². The van der Waals surface area contributed by atoms with Crippen molar-refractivity contribution in [2.75, 3.05) is 19.8 Å². The second-order valence-corrected chi connectivity index (χ2v) is 4.24. The summed E-state index contributed by atoms with van der Waals surface area (Å²) in [7, 11) is 0. The van der Waals surface area contributed by atoms with E-state index >= 15 is 0 Å². The monoisotopic (exact) mass is 283 g/mol. The van der Waals surface area contributed by atoms with Crippen molar-refractivity contribution in [2.24, 2.45) is 0 Å². The van der Waals surface area contributed by atoms with Gasteiger partial charge in [0.15, 0.2) is 0 Å². The summed E-state index contributed by atoms with van der Waals surface area (Å²) in [4.78, 5) is 0. The van der Waals surface area contributed by atoms with E-state index in [1.54, 1.807) is 24.3 Å². The molecule has 4 nitrogen and oxygen atoms in total. The summed E-state index contributed by atoms with van der Waals surface area (Å²) < 4.78 is 16.5. The Bertz CT molecular complexity index is 585. The molecule has 108 valence electrons. The minimum absolute atomic E-state index is 0.444. The van der Waals surface area contributed by atoms with Gasteiger partial charge in [-0.2, -0.15) is 5.26 Å². The largest absolute Gasteiger partial charge is 0.494 e. The molecule has 0 aliphatic rings. The van der Waals surface area contributed by atoms with Crippen LogP contribution < -0.4 is 14.2 Å². The predicted molar refractivity (Wildman–Crippen MR) is 79.8 cm³/mol. The van der Waals surface area contributed by atoms with Gasteiger partial charge in [-0.15, -0.1) is 0 Å². The molecule has 2 aromatic rings. The molecule has 0 saturated heterocycles. The lowest BCUT2D eigenvalue weighted by molar-refractivity contribution is 0.217. The molecule has 2 aromatic carbocycles. The Labute approximate surface area is 124 Å². The van der Waals surface area contributed by atoms with E-state index in [9.17, 15) is 0 Å². The molecule has 0 N–H and O–H groups in total. The molecule has 21 heavy (non-hydrogen) atoms. The van der Waals surface area contributed by atoms with Crippen LogP contribution in [0.2, 0.25) is 0 Å². The maximum Gasteiger partial charge on any atom is 0.122 e. The zero-order chi connectivity index (χ0) is 14.9. The number of rotatable bonds is 7. The fourth-order valence-corrected chi connectivity index (χ4v) is 1.74. The van der Waals surface area contributed by atoms with Crippen LogP contribution in [0, 0.1) is 11.3 Å². The first-order valence-corrected chi connectivity index (χ1v) is 6.80. The van der Waals surface area contributed by atoms with Gasteiger partial charge >= 0.3 is 0 Å². The molecular weight excluding hydrogens is 266 g/mol. The molecule has 0 aliphatic heterocycles. The predicted octanol–water partition coefficient (Wildman–Crippen LogP) is 3.41. The molecule has 0 radical (unpaired) electrons. The summed E-state index contributed by atoms with van der Waals surface area (Å²) in [5, 5.41) is 8.70. The van der Waals surface area contributed by atoms with Gasteiger partial charge in [0, 0.05) is 0 Å². The molecule has 0 spiro atoms. The number of ether oxygens (including phenoxy) is 3. The number of nitriles is 1. The first-order valence-electron chi connectivity index (χ1n) is 6.80. The molecular formula is C17H17NO3. The maximum absolute atomic E-state index is 8.70. The highest BCUT2D eigenvalue weighted by Crippen LogP contribution is 2.17. The lowest BCUT2D eigenvalue weighted by atomic mass is 10.2. The summed E-state index contributed by atoms with van der Waals surface area (Å²) in [5.74, 6) is 2.34. The summed E-state index contributed by atoms with van der Waals surface area (Å²) in [6.45, 7) is 3.50. The number of hydrogen-bond acceptors (Lipinski definition) is 4. The highest BCUT2D eigenvalue weighted by molar-refractivity contribution is 5.34. The highest BCUT2D eigenvalue weighted by Gasteiger charge is 1.97. The van der Waals surface area contributed by atoms with E-state index in [4.69, 9.17) is 19.5 Å². The number of nitrogens with zero attached hydrogens (tertiary/aromatic N) is 1. The zero-order valence-corrected chi connectivity index (χ0v) is 11.9. The molecule has 0 amide bonds. The van der Waals surface area contributed by atoms with Crippen LogP contribution in [0.3, 0.4) is 0 Å². The first-order chi connectivity index (χ1) is 10.3. The molecule has 0 fully saturated rings. The third kappa shape index (κ3) is 4.73. The van der Waals surface area contributed by atoms with Crippen molar-refractivity contribution in [2.45, 2.75) is 6.92 Å². The van der Waals surface area contributed by atoms with Crippen LogP contribution in [0.15, 0.2) is 48.5 Å². The van der Waals surface area contributed by atoms with Gasteiger partial charge < -0.3 is 14.2 Å². The van der Waals surface area contributed by atoms with Crippen LogP contribution in [0.25, 0.3) is 0 Å². The Balaban J connectivity index is 1.72. The van der Waals surface area contributed by atoms with Crippen molar-refractivity contribution in [1.82, 2.24) is 0 Å². The molecule has 0 aliphatic carbocycles. The van der Waals surface area contributed by atoms with Gasteiger partial charge in [0.25, 0.3) is 0 Å². The molecule has 0 heterocycles. The van der Waals surface area contributed by atoms with Crippen LogP contribution in [0.5, 0.6) is 17.2 Å². The summed E-state index contributed by atoms with van der Waals surface area (Å²) in [5.41, 5.74) is 0.619. The van der Waals surface area contributed by atoms with Gasteiger partial charge in [0.05, 0.1) is 18.2 Å². The zero-order valence-electron chi connectivity index (χ0n) is 11.9. The first kappa shape index (κ1) is 14.7. The number of benzene rings is 2. The number of hydrogen-bond donors (Lipinski definition) is 0. The van der Waals surface area contributed by atoms with Gasteiger partial charge in [-0.1, -0.05) is 0 Å². The Hall–Kier alpha value is -2.67. The average Bonchev–Trinajstić information content (AvgIpc) is 2.54. The molecule has 0 bridgehead atoms. The van der Waals surface area contributed by atoms with Crippen molar-refractivity contribution in [3.63, 3.8) is 0 Å². The summed E-state index contributed by atoms with van der Waals surface area (Å²) >= 11 is 0. The fourth-order valence-electron chi connectivity index (χ4n) is 1.74. The SMILES string of the molecule is CCOc1ccc(OCCOc2ccc(C#N)cc2)cc1. The quantitative estimate of drug-likeness (QED) is 0.731. The van der Waals surface area contributed by atoms with Crippen molar-refractivity contribution in [3.05, 3.63) is 54.1 Å². The lowest BCUT2D eigenvalue weighted by Crippen LogP contribution is -2.08. The van der Waals surface area contributed by atoms with Gasteiger partial charge in [0.2, 0.25) is 0 Å². The van der Waals surface area contributed by atoms with Gasteiger partial charge in [-0.3, -0.25) is 0 Å². The molecule has 0 atom stereocenters. The molecule has 2 rings (SSSR count). The van der Waals surface area contributed by atoms with Crippen LogP contribution in [-0.2, 0) is 0 Å². The van der Waals surface area contributed by atoms with Gasteiger partial charge in [-0.25, -0.2) is 0 Å². The molecule has 4 heteroatoms. The van der Waals surface area contributed by atoms with E-state index < -0.39 is 0 Å². The molecule has 0 saturated carbocycles. The Kier molecular flexibility index (Phi) is 5.48. The van der Waals surface area contributed by atoms with Crippen LogP contribution in [0.1, 0.15) is 12.5 Å². The minimum atomic E-state index is 0.444. The van der Waals surface area contributed by atoms with Crippen molar-refractivity contribution >= 4 is 0 Å². The summed E-state index contributed by atoms with van der Waals surface area (Å²) in [6, 6.07) is 16.5. The van der Waals surface area contributed by atoms with Gasteiger partial charge in [-0.05, 0) is 55.5 Å². The molecule has 0 aromatic heterocycles. The third-order valence-electron chi connectivity index (χ3n) is 2.74. The van der Waals surface area contributed by atoms with Crippen LogP contribution in [-0.4, -0.2) is 19.8 Å². The smallest absolute Gasteiger partial charge is 0.122 e. The van der Waals surface area contributed by atoms with Crippen LogP contribution in [0.4, 0.5) is 0 Å². The second-order valence-electron chi connectivity index (χ2n) is 4.24. The van der Waals surface area contributed by atoms with Crippen molar-refractivity contribution < 1.29 is 14.2 Å². The van der Waals surface area contributed by atoms with E-state index in [1.165, 1.54) is 0 Å². The fraction of sp³-hybridized carbons (Fsp3) is 0.235.